The molecule has 2 aromatic rings. The maximum atomic E-state index is 12.6. The summed E-state index contributed by atoms with van der Waals surface area (Å²) < 4.78 is 16.9. The topological polar surface area (TPSA) is 57.0 Å². The molecule has 0 heterocycles. The fourth-order valence-electron chi connectivity index (χ4n) is 2.82. The number of nitrogens with one attached hydrogen (secondary N) is 1. The predicted molar refractivity (Wildman–Crippen MR) is 176 cm³/mol. The number of rotatable bonds is 9. The first-order valence-corrected chi connectivity index (χ1v) is 16.0. The second kappa shape index (κ2) is 14.5. The van der Waals surface area contributed by atoms with Gasteiger partial charge in [-0.25, -0.2) is 9.59 Å². The average Bonchev–Trinajstić information content (AvgIpc) is 2.72. The summed E-state index contributed by atoms with van der Waals surface area (Å²) in [6.45, 7) is 6.13. The molecule has 0 aliphatic heterocycles. The van der Waals surface area contributed by atoms with E-state index in [-0.39, 0.29) is 11.9 Å². The lowest BCUT2D eigenvalue weighted by molar-refractivity contribution is -0.921. The molecule has 0 radical (unpaired) electrons. The largest absolute Gasteiger partial charge is 0.456 e. The summed E-state index contributed by atoms with van der Waals surface area (Å²) in [7, 11) is 0. The van der Waals surface area contributed by atoms with Gasteiger partial charge >= 0.3 is 11.9 Å². The third kappa shape index (κ3) is 8.68. The van der Waals surface area contributed by atoms with Gasteiger partial charge in [-0.3, -0.25) is 0 Å². The summed E-state index contributed by atoms with van der Waals surface area (Å²) >= 11 is 13.2. The van der Waals surface area contributed by atoms with Crippen LogP contribution in [0.3, 0.4) is 0 Å². The van der Waals surface area contributed by atoms with Gasteiger partial charge in [-0.15, -0.1) is 0 Å². The number of ether oxygens (including phenoxy) is 2. The molecule has 0 bridgehead atoms. The third-order valence-electron chi connectivity index (χ3n) is 4.59. The fourth-order valence-corrected chi connectivity index (χ4v) is 7.52. The van der Waals surface area contributed by atoms with Crippen molar-refractivity contribution >= 4 is 147 Å². The molecule has 0 saturated carbocycles. The zero-order valence-electron chi connectivity index (χ0n) is 17.1. The Bertz CT molecular complexity index is 999. The highest BCUT2D eigenvalue weighted by atomic mass is 127. The lowest BCUT2D eigenvalue weighted by Gasteiger charge is -2.23. The van der Waals surface area contributed by atoms with Crippen LogP contribution >= 0.6 is 136 Å². The molecule has 5 nitrogen and oxygen atoms in total. The van der Waals surface area contributed by atoms with E-state index in [0.717, 1.165) is 21.4 Å². The highest BCUT2D eigenvalue weighted by molar-refractivity contribution is 14.1. The van der Waals surface area contributed by atoms with Crippen LogP contribution in [0, 0.1) is 21.4 Å². The maximum Gasteiger partial charge on any atom is 0.340 e. The van der Waals surface area contributed by atoms with Crippen LogP contribution in [-0.4, -0.2) is 44.3 Å². The zero-order valence-corrected chi connectivity index (χ0v) is 30.1. The molecular weight excluding hydrogens is 1090 g/mol. The Balaban J connectivity index is 1.89. The van der Waals surface area contributed by atoms with Crippen molar-refractivity contribution in [2.45, 2.75) is 19.9 Å². The number of carbonyl (C=O) groups excluding carboxylic acids is 2. The van der Waals surface area contributed by atoms with E-state index in [1.54, 1.807) is 0 Å². The molecule has 1 N–H and O–H groups in total. The van der Waals surface area contributed by atoms with Crippen LogP contribution in [0.5, 0.6) is 0 Å². The first kappa shape index (κ1) is 29.9. The number of benzene rings is 2. The van der Waals surface area contributed by atoms with Crippen LogP contribution in [-0.2, 0) is 9.47 Å². The standard InChI is InChI=1S/C21H19I6NO4/c1-11(2)28(5-7-31-20(29)13-9-12(22)10-16(25)18(13)26)6-8-32-21(30)17-14(23)3-4-15(24)19(17)27/h3-4,9-11H,5-8H2,1-2H3/p+1. The summed E-state index contributed by atoms with van der Waals surface area (Å²) in [5.74, 6) is -0.599. The molecule has 0 aliphatic carbocycles. The van der Waals surface area contributed by atoms with Crippen LogP contribution in [0.1, 0.15) is 34.6 Å². The number of hydrogen-bond acceptors (Lipinski definition) is 4. The van der Waals surface area contributed by atoms with Crippen molar-refractivity contribution in [3.63, 3.8) is 0 Å². The number of esters is 2. The zero-order chi connectivity index (χ0) is 24.0. The van der Waals surface area contributed by atoms with E-state index in [2.05, 4.69) is 149 Å². The van der Waals surface area contributed by atoms with Crippen LogP contribution in [0.4, 0.5) is 0 Å². The smallest absolute Gasteiger partial charge is 0.340 e. The maximum absolute atomic E-state index is 12.6. The second-order valence-electron chi connectivity index (χ2n) is 7.05. The SMILES string of the molecule is CC(C)[NH+](CCOC(=O)c1cc(I)cc(I)c1I)CCOC(=O)c1c(I)ccc(I)c1I. The Labute approximate surface area is 270 Å². The first-order chi connectivity index (χ1) is 15.0. The molecule has 11 heteroatoms. The van der Waals surface area contributed by atoms with E-state index in [0.29, 0.717) is 43.5 Å². The lowest BCUT2D eigenvalue weighted by atomic mass is 10.2. The minimum Gasteiger partial charge on any atom is -0.456 e. The number of halogens is 6. The Morgan fingerprint density at radius 1 is 0.812 bits per heavy atom. The van der Waals surface area contributed by atoms with E-state index >= 15 is 0 Å². The molecule has 1 unspecified atom stereocenters. The van der Waals surface area contributed by atoms with Gasteiger partial charge < -0.3 is 14.4 Å². The second-order valence-corrected chi connectivity index (χ2v) is 13.9. The van der Waals surface area contributed by atoms with Crippen molar-refractivity contribution in [2.24, 2.45) is 0 Å². The molecule has 0 amide bonds. The normalized spacial score (nSPS) is 12.0. The summed E-state index contributed by atoms with van der Waals surface area (Å²) in [4.78, 5) is 26.4. The monoisotopic (exact) mass is 1110 g/mol. The van der Waals surface area contributed by atoms with E-state index in [1.807, 2.05) is 24.3 Å². The number of quaternary nitrogens is 1. The van der Waals surface area contributed by atoms with Crippen LogP contribution in [0.2, 0.25) is 0 Å². The van der Waals surface area contributed by atoms with Gasteiger partial charge in [0.05, 0.1) is 17.2 Å². The molecule has 0 aliphatic rings. The third-order valence-corrected chi connectivity index (χ3v) is 12.2. The summed E-state index contributed by atoms with van der Waals surface area (Å²) in [5, 5.41) is 0. The van der Waals surface area contributed by atoms with Crippen LogP contribution in [0.15, 0.2) is 24.3 Å². The van der Waals surface area contributed by atoms with Crippen molar-refractivity contribution < 1.29 is 24.0 Å². The molecule has 0 spiro atoms. The summed E-state index contributed by atoms with van der Waals surface area (Å²) in [5.41, 5.74) is 1.23. The molecule has 0 fully saturated rings. The van der Waals surface area contributed by atoms with Crippen molar-refractivity contribution in [1.29, 1.82) is 0 Å². The highest BCUT2D eigenvalue weighted by Crippen LogP contribution is 2.25. The molecule has 174 valence electrons. The molecule has 32 heavy (non-hydrogen) atoms. The number of carbonyl (C=O) groups is 2. The van der Waals surface area contributed by atoms with Gasteiger partial charge in [-0.05, 0) is 174 Å². The Morgan fingerprint density at radius 3 is 1.97 bits per heavy atom. The molecule has 0 aromatic heterocycles. The molecule has 0 saturated heterocycles. The summed E-state index contributed by atoms with van der Waals surface area (Å²) in [6.07, 6.45) is 0. The van der Waals surface area contributed by atoms with Crippen LogP contribution < -0.4 is 4.90 Å². The van der Waals surface area contributed by atoms with Gasteiger partial charge in [-0.2, -0.15) is 0 Å². The first-order valence-electron chi connectivity index (χ1n) is 9.49. The van der Waals surface area contributed by atoms with Crippen molar-refractivity contribution in [3.8, 4) is 0 Å². The molecule has 1 atom stereocenters. The molecule has 2 rings (SSSR count). The van der Waals surface area contributed by atoms with Gasteiger partial charge in [-0.1, -0.05) is 0 Å². The molecule has 2 aromatic carbocycles. The van der Waals surface area contributed by atoms with E-state index in [9.17, 15) is 9.59 Å². The van der Waals surface area contributed by atoms with Gasteiger partial charge in [0.15, 0.2) is 0 Å². The van der Waals surface area contributed by atoms with Crippen molar-refractivity contribution in [1.82, 2.24) is 0 Å². The van der Waals surface area contributed by atoms with Crippen molar-refractivity contribution in [2.75, 3.05) is 26.3 Å². The van der Waals surface area contributed by atoms with E-state index in [1.165, 1.54) is 4.90 Å². The van der Waals surface area contributed by atoms with Gasteiger partial charge in [0.1, 0.15) is 26.3 Å². The Kier molecular flexibility index (Phi) is 13.5. The minimum absolute atomic E-state index is 0.297. The Morgan fingerprint density at radius 2 is 1.38 bits per heavy atom. The fraction of sp³-hybridized carbons (Fsp3) is 0.333. The predicted octanol–water partition coefficient (Wildman–Crippen LogP) is 5.62. The van der Waals surface area contributed by atoms with Gasteiger partial charge in [0.25, 0.3) is 0 Å². The lowest BCUT2D eigenvalue weighted by Crippen LogP contribution is -3.16. The minimum atomic E-state index is -0.303. The average molecular weight is 1110 g/mol. The van der Waals surface area contributed by atoms with Crippen LogP contribution in [0.25, 0.3) is 0 Å². The number of hydrogen-bond donors (Lipinski definition) is 1. The molecular formula is C21H20I6NO4+. The van der Waals surface area contributed by atoms with E-state index < -0.39 is 0 Å². The van der Waals surface area contributed by atoms with E-state index in [4.69, 9.17) is 9.47 Å². The summed E-state index contributed by atoms with van der Waals surface area (Å²) in [6, 6.07) is 8.11. The highest BCUT2D eigenvalue weighted by Gasteiger charge is 2.21. The quantitative estimate of drug-likeness (QED) is 0.202. The Hall–Kier alpha value is 1.72. The van der Waals surface area contributed by atoms with Gasteiger partial charge in [0.2, 0.25) is 0 Å². The van der Waals surface area contributed by atoms with Crippen molar-refractivity contribution in [3.05, 3.63) is 56.8 Å². The van der Waals surface area contributed by atoms with Gasteiger partial charge in [0, 0.05) is 21.4 Å².